The molecule has 0 spiro atoms. The molecule has 0 saturated heterocycles. The Kier molecular flexibility index (Phi) is 4.28. The van der Waals surface area contributed by atoms with Crippen molar-refractivity contribution in [2.75, 3.05) is 6.61 Å². The number of rotatable bonds is 3. The minimum Gasteiger partial charge on any atom is -0.385 e. The van der Waals surface area contributed by atoms with Gasteiger partial charge in [-0.25, -0.2) is 4.39 Å². The first-order valence-electron chi connectivity index (χ1n) is 5.99. The molecule has 1 heterocycles. The van der Waals surface area contributed by atoms with Crippen LogP contribution in [-0.2, 0) is 4.74 Å². The van der Waals surface area contributed by atoms with Gasteiger partial charge in [0, 0.05) is 0 Å². The van der Waals surface area contributed by atoms with Gasteiger partial charge in [0.15, 0.2) is 0 Å². The van der Waals surface area contributed by atoms with Crippen molar-refractivity contribution in [3.63, 3.8) is 0 Å². The van der Waals surface area contributed by atoms with Crippen LogP contribution in [0.3, 0.4) is 0 Å². The van der Waals surface area contributed by atoms with Gasteiger partial charge in [-0.3, -0.25) is 10.4 Å². The Morgan fingerprint density at radius 3 is 2.45 bits per heavy atom. The number of allylic oxidation sites excluding steroid dienone is 1. The standard InChI is InChI=1S/C12H17F4N3O/c1-4-5-7(13)8(17)10(2)6-20-11(3,9(18)19-10)12(14,15)16/h5,17H,4,6H2,1-3H3,(H2,18,19)/b7-5+,17-8?/t10-,11+/m0/s1. The fourth-order valence-corrected chi connectivity index (χ4v) is 1.66. The van der Waals surface area contributed by atoms with Gasteiger partial charge in [0.25, 0.3) is 0 Å². The van der Waals surface area contributed by atoms with Gasteiger partial charge in [0.05, 0.1) is 12.3 Å². The average Bonchev–Trinajstić information content (AvgIpc) is 2.32. The summed E-state index contributed by atoms with van der Waals surface area (Å²) in [7, 11) is 0. The number of alkyl halides is 3. The molecule has 1 aliphatic rings. The van der Waals surface area contributed by atoms with Crippen molar-refractivity contribution in [2.45, 2.75) is 44.5 Å². The maximum Gasteiger partial charge on any atom is 0.424 e. The molecule has 1 aliphatic heterocycles. The van der Waals surface area contributed by atoms with Crippen molar-refractivity contribution >= 4 is 11.5 Å². The lowest BCUT2D eigenvalue weighted by Crippen LogP contribution is -2.62. The van der Waals surface area contributed by atoms with Crippen LogP contribution in [0.1, 0.15) is 27.2 Å². The molecule has 0 amide bonds. The molecule has 0 radical (unpaired) electrons. The smallest absolute Gasteiger partial charge is 0.385 e. The summed E-state index contributed by atoms with van der Waals surface area (Å²) in [6.45, 7) is 3.16. The van der Waals surface area contributed by atoms with E-state index >= 15 is 0 Å². The van der Waals surface area contributed by atoms with Gasteiger partial charge < -0.3 is 10.5 Å². The fraction of sp³-hybridized carbons (Fsp3) is 0.667. The van der Waals surface area contributed by atoms with Crippen LogP contribution in [0.15, 0.2) is 16.9 Å². The lowest BCUT2D eigenvalue weighted by molar-refractivity contribution is -0.247. The van der Waals surface area contributed by atoms with E-state index < -0.39 is 41.3 Å². The van der Waals surface area contributed by atoms with Crippen molar-refractivity contribution in [2.24, 2.45) is 10.7 Å². The topological polar surface area (TPSA) is 71.5 Å². The minimum atomic E-state index is -4.73. The molecule has 0 aromatic carbocycles. The van der Waals surface area contributed by atoms with Gasteiger partial charge >= 0.3 is 6.18 Å². The highest BCUT2D eigenvalue weighted by Crippen LogP contribution is 2.38. The number of ether oxygens (including phenoxy) is 1. The number of nitrogens with zero attached hydrogens (tertiary/aromatic N) is 1. The monoisotopic (exact) mass is 295 g/mol. The van der Waals surface area contributed by atoms with E-state index in [0.29, 0.717) is 6.42 Å². The maximum absolute atomic E-state index is 13.6. The molecule has 1 rings (SSSR count). The second-order valence-corrected chi connectivity index (χ2v) is 4.93. The quantitative estimate of drug-likeness (QED) is 0.620. The Morgan fingerprint density at radius 1 is 1.50 bits per heavy atom. The molecule has 0 fully saturated rings. The summed E-state index contributed by atoms with van der Waals surface area (Å²) in [6, 6.07) is 0. The molecule has 0 aliphatic carbocycles. The Balaban J connectivity index is 3.16. The number of hydrogen-bond donors (Lipinski definition) is 2. The SMILES string of the molecule is CC/C=C(/F)C(=N)[C@]1(C)CO[C@@](C)(C(F)(F)F)C(N)=N1. The van der Waals surface area contributed by atoms with Gasteiger partial charge in [-0.05, 0) is 26.3 Å². The van der Waals surface area contributed by atoms with E-state index in [1.54, 1.807) is 6.92 Å². The predicted molar refractivity (Wildman–Crippen MR) is 67.6 cm³/mol. The highest BCUT2D eigenvalue weighted by Gasteiger charge is 2.59. The molecule has 4 nitrogen and oxygen atoms in total. The number of halogens is 4. The predicted octanol–water partition coefficient (Wildman–Crippen LogP) is 2.74. The summed E-state index contributed by atoms with van der Waals surface area (Å²) in [4.78, 5) is 3.68. The summed E-state index contributed by atoms with van der Waals surface area (Å²) in [5, 5.41) is 7.70. The molecule has 0 saturated carbocycles. The highest BCUT2D eigenvalue weighted by molar-refractivity contribution is 6.05. The van der Waals surface area contributed by atoms with E-state index in [2.05, 4.69) is 4.99 Å². The van der Waals surface area contributed by atoms with Gasteiger partial charge in [-0.1, -0.05) is 6.92 Å². The summed E-state index contributed by atoms with van der Waals surface area (Å²) in [5.74, 6) is -1.65. The summed E-state index contributed by atoms with van der Waals surface area (Å²) in [6.07, 6.45) is -3.23. The van der Waals surface area contributed by atoms with Crippen LogP contribution in [0, 0.1) is 5.41 Å². The van der Waals surface area contributed by atoms with Crippen molar-refractivity contribution in [1.82, 2.24) is 0 Å². The van der Waals surface area contributed by atoms with Crippen molar-refractivity contribution in [3.8, 4) is 0 Å². The third-order valence-electron chi connectivity index (χ3n) is 3.20. The number of hydrogen-bond acceptors (Lipinski definition) is 4. The largest absolute Gasteiger partial charge is 0.424 e. The third-order valence-corrected chi connectivity index (χ3v) is 3.20. The number of amidine groups is 1. The molecule has 0 aromatic rings. The lowest BCUT2D eigenvalue weighted by atomic mass is 9.91. The van der Waals surface area contributed by atoms with Crippen LogP contribution in [0.5, 0.6) is 0 Å². The summed E-state index contributed by atoms with van der Waals surface area (Å²) < 4.78 is 57.1. The number of aliphatic imine (C=N–C) groups is 1. The Morgan fingerprint density at radius 2 is 2.05 bits per heavy atom. The van der Waals surface area contributed by atoms with Gasteiger partial charge in [0.2, 0.25) is 5.60 Å². The Bertz CT molecular complexity index is 472. The van der Waals surface area contributed by atoms with Crippen molar-refractivity contribution in [1.29, 1.82) is 5.41 Å². The molecule has 0 unspecified atom stereocenters. The van der Waals surface area contributed by atoms with E-state index in [1.165, 1.54) is 6.92 Å². The first kappa shape index (κ1) is 16.6. The van der Waals surface area contributed by atoms with Crippen molar-refractivity contribution < 1.29 is 22.3 Å². The Hall–Kier alpha value is -1.44. The first-order valence-corrected chi connectivity index (χ1v) is 5.99. The molecule has 2 atom stereocenters. The third kappa shape index (κ3) is 2.70. The van der Waals surface area contributed by atoms with E-state index in [-0.39, 0.29) is 0 Å². The molecule has 3 N–H and O–H groups in total. The average molecular weight is 295 g/mol. The molecular formula is C12H17F4N3O. The summed E-state index contributed by atoms with van der Waals surface area (Å²) in [5.41, 5.74) is 0.528. The van der Waals surface area contributed by atoms with Crippen LogP contribution in [-0.4, -0.2) is 35.5 Å². The van der Waals surface area contributed by atoms with Gasteiger partial charge in [-0.15, -0.1) is 0 Å². The second kappa shape index (κ2) is 5.16. The molecule has 20 heavy (non-hydrogen) atoms. The zero-order valence-corrected chi connectivity index (χ0v) is 11.4. The highest BCUT2D eigenvalue weighted by atomic mass is 19.4. The molecule has 8 heteroatoms. The normalized spacial score (nSPS) is 31.9. The van der Waals surface area contributed by atoms with Crippen LogP contribution < -0.4 is 5.73 Å². The second-order valence-electron chi connectivity index (χ2n) is 4.93. The first-order chi connectivity index (χ1) is 8.98. The van der Waals surface area contributed by atoms with Crippen molar-refractivity contribution in [3.05, 3.63) is 11.9 Å². The van der Waals surface area contributed by atoms with Crippen LogP contribution in [0.25, 0.3) is 0 Å². The number of nitrogens with two attached hydrogens (primary N) is 1. The van der Waals surface area contributed by atoms with E-state index in [9.17, 15) is 17.6 Å². The van der Waals surface area contributed by atoms with E-state index in [0.717, 1.165) is 13.0 Å². The van der Waals surface area contributed by atoms with Crippen LogP contribution in [0.2, 0.25) is 0 Å². The van der Waals surface area contributed by atoms with E-state index in [1.807, 2.05) is 0 Å². The van der Waals surface area contributed by atoms with Crippen LogP contribution in [0.4, 0.5) is 17.6 Å². The minimum absolute atomic E-state index is 0.352. The zero-order valence-electron chi connectivity index (χ0n) is 11.4. The molecule has 114 valence electrons. The number of nitrogens with one attached hydrogen (secondary N) is 1. The molecule has 0 bridgehead atoms. The van der Waals surface area contributed by atoms with Gasteiger partial charge in [0.1, 0.15) is 17.2 Å². The molecular weight excluding hydrogens is 278 g/mol. The van der Waals surface area contributed by atoms with Crippen LogP contribution >= 0.6 is 0 Å². The van der Waals surface area contributed by atoms with E-state index in [4.69, 9.17) is 15.9 Å². The fourth-order valence-electron chi connectivity index (χ4n) is 1.66. The lowest BCUT2D eigenvalue weighted by Gasteiger charge is -2.40. The zero-order chi connectivity index (χ0) is 15.8. The Labute approximate surface area is 114 Å². The van der Waals surface area contributed by atoms with Gasteiger partial charge in [-0.2, -0.15) is 13.2 Å². The summed E-state index contributed by atoms with van der Waals surface area (Å²) >= 11 is 0. The molecule has 0 aromatic heterocycles. The maximum atomic E-state index is 13.6.